The number of aromatic nitrogens is 3. The van der Waals surface area contributed by atoms with Crippen molar-refractivity contribution in [1.29, 1.82) is 0 Å². The molecule has 0 saturated heterocycles. The van der Waals surface area contributed by atoms with Gasteiger partial charge in [-0.1, -0.05) is 0 Å². The lowest BCUT2D eigenvalue weighted by molar-refractivity contribution is 0.547. The van der Waals surface area contributed by atoms with Crippen molar-refractivity contribution in [3.05, 3.63) is 41.7 Å². The van der Waals surface area contributed by atoms with Crippen LogP contribution in [0.4, 0.5) is 19.0 Å². The second-order valence-corrected chi connectivity index (χ2v) is 4.15. The van der Waals surface area contributed by atoms with Gasteiger partial charge in [-0.2, -0.15) is 0 Å². The lowest BCUT2D eigenvalue weighted by Crippen LogP contribution is -1.94. The van der Waals surface area contributed by atoms with Gasteiger partial charge in [0.25, 0.3) is 0 Å². The molecular weight excluding hydrogens is 269 g/mol. The van der Waals surface area contributed by atoms with Crippen molar-refractivity contribution in [3.8, 4) is 11.4 Å². The molecule has 0 radical (unpaired) electrons. The zero-order valence-corrected chi connectivity index (χ0v) is 10.3. The second-order valence-electron chi connectivity index (χ2n) is 4.15. The van der Waals surface area contributed by atoms with Crippen LogP contribution in [-0.2, 0) is 0 Å². The Hall–Kier alpha value is -2.57. The Labute approximate surface area is 111 Å². The maximum atomic E-state index is 13.7. The number of H-pyrrole nitrogens is 1. The van der Waals surface area contributed by atoms with Crippen molar-refractivity contribution >= 4 is 17.0 Å². The molecule has 1 aromatic carbocycles. The number of pyridine rings is 1. The molecule has 3 aromatic rings. The molecule has 0 atom stereocenters. The number of hydrogen-bond acceptors (Lipinski definition) is 3. The molecule has 4 nitrogen and oxygen atoms in total. The first-order valence-electron chi connectivity index (χ1n) is 5.78. The molecule has 0 aliphatic carbocycles. The van der Waals surface area contributed by atoms with Crippen LogP contribution in [-0.4, -0.2) is 22.0 Å². The minimum absolute atomic E-state index is 0.0317. The minimum atomic E-state index is -1.02. The molecule has 0 amide bonds. The molecule has 7 heteroatoms. The molecule has 0 aliphatic rings. The van der Waals surface area contributed by atoms with Crippen LogP contribution in [0.1, 0.15) is 0 Å². The maximum Gasteiger partial charge on any atom is 0.180 e. The zero-order valence-electron chi connectivity index (χ0n) is 10.3. The standard InChI is InChI=1S/C13H9F3N4/c1-17-10-3-2-9-12(19-10)20-13(18-9)11-7(15)4-6(14)5-8(11)16/h2-5H,1H3,(H2,17,18,19,20). The minimum Gasteiger partial charge on any atom is -0.373 e. The summed E-state index contributed by atoms with van der Waals surface area (Å²) in [5.74, 6) is -2.47. The van der Waals surface area contributed by atoms with E-state index < -0.39 is 23.0 Å². The number of nitrogens with one attached hydrogen (secondary N) is 2. The van der Waals surface area contributed by atoms with Gasteiger partial charge in [0.2, 0.25) is 0 Å². The molecule has 2 heterocycles. The summed E-state index contributed by atoms with van der Waals surface area (Å²) in [5.41, 5.74) is 0.438. The van der Waals surface area contributed by atoms with Crippen LogP contribution in [0.25, 0.3) is 22.6 Å². The number of hydrogen-bond donors (Lipinski definition) is 2. The van der Waals surface area contributed by atoms with E-state index in [0.29, 0.717) is 29.1 Å². The molecule has 20 heavy (non-hydrogen) atoms. The van der Waals surface area contributed by atoms with E-state index >= 15 is 0 Å². The summed E-state index contributed by atoms with van der Waals surface area (Å²) in [6.07, 6.45) is 0. The summed E-state index contributed by atoms with van der Waals surface area (Å²) in [6, 6.07) is 4.60. The highest BCUT2D eigenvalue weighted by Gasteiger charge is 2.17. The van der Waals surface area contributed by atoms with Crippen molar-refractivity contribution in [2.45, 2.75) is 0 Å². The molecule has 0 fully saturated rings. The Morgan fingerprint density at radius 2 is 1.75 bits per heavy atom. The van der Waals surface area contributed by atoms with Gasteiger partial charge < -0.3 is 10.3 Å². The summed E-state index contributed by atoms with van der Waals surface area (Å²) in [4.78, 5) is 10.9. The molecule has 3 rings (SSSR count). The number of aromatic amines is 1. The Morgan fingerprint density at radius 3 is 2.40 bits per heavy atom. The highest BCUT2D eigenvalue weighted by molar-refractivity contribution is 5.77. The van der Waals surface area contributed by atoms with E-state index in [1.165, 1.54) is 0 Å². The summed E-state index contributed by atoms with van der Waals surface area (Å²) in [6.45, 7) is 0. The van der Waals surface area contributed by atoms with Gasteiger partial charge in [0.1, 0.15) is 29.1 Å². The summed E-state index contributed by atoms with van der Waals surface area (Å²) < 4.78 is 40.3. The Bertz CT molecular complexity index is 774. The number of imidazole rings is 1. The SMILES string of the molecule is CNc1ccc2[nH]c(-c3c(F)cc(F)cc3F)nc2n1. The third-order valence-corrected chi connectivity index (χ3v) is 2.85. The van der Waals surface area contributed by atoms with Gasteiger partial charge >= 0.3 is 0 Å². The fourth-order valence-electron chi connectivity index (χ4n) is 1.92. The van der Waals surface area contributed by atoms with Gasteiger partial charge in [-0.25, -0.2) is 23.1 Å². The van der Waals surface area contributed by atoms with Crippen LogP contribution in [0.3, 0.4) is 0 Å². The van der Waals surface area contributed by atoms with Gasteiger partial charge in [0.05, 0.1) is 11.1 Å². The number of anilines is 1. The average Bonchev–Trinajstić information content (AvgIpc) is 2.79. The maximum absolute atomic E-state index is 13.7. The predicted molar refractivity (Wildman–Crippen MR) is 68.7 cm³/mol. The van der Waals surface area contributed by atoms with Crippen LogP contribution in [0.5, 0.6) is 0 Å². The molecule has 0 bridgehead atoms. The van der Waals surface area contributed by atoms with Gasteiger partial charge in [-0.3, -0.25) is 0 Å². The second kappa shape index (κ2) is 4.52. The fraction of sp³-hybridized carbons (Fsp3) is 0.0769. The first-order chi connectivity index (χ1) is 9.58. The topological polar surface area (TPSA) is 53.6 Å². The molecule has 0 saturated carbocycles. The smallest absolute Gasteiger partial charge is 0.180 e. The Kier molecular flexibility index (Phi) is 2.81. The first kappa shape index (κ1) is 12.5. The number of fused-ring (bicyclic) bond motifs is 1. The molecule has 0 unspecified atom stereocenters. The van der Waals surface area contributed by atoms with E-state index in [9.17, 15) is 13.2 Å². The largest absolute Gasteiger partial charge is 0.373 e. The molecule has 0 aliphatic heterocycles. The van der Waals surface area contributed by atoms with E-state index in [1.54, 1.807) is 19.2 Å². The summed E-state index contributed by atoms with van der Waals surface area (Å²) >= 11 is 0. The lowest BCUT2D eigenvalue weighted by Gasteiger charge is -2.01. The van der Waals surface area contributed by atoms with Crippen LogP contribution in [0.15, 0.2) is 24.3 Å². The van der Waals surface area contributed by atoms with Crippen LogP contribution in [0, 0.1) is 17.5 Å². The number of nitrogens with zero attached hydrogens (tertiary/aromatic N) is 2. The van der Waals surface area contributed by atoms with Crippen LogP contribution < -0.4 is 5.32 Å². The van der Waals surface area contributed by atoms with E-state index in [4.69, 9.17) is 0 Å². The van der Waals surface area contributed by atoms with Crippen molar-refractivity contribution < 1.29 is 13.2 Å². The van der Waals surface area contributed by atoms with Gasteiger partial charge in [-0.05, 0) is 12.1 Å². The first-order valence-corrected chi connectivity index (χ1v) is 5.78. The van der Waals surface area contributed by atoms with Crippen molar-refractivity contribution in [1.82, 2.24) is 15.0 Å². The van der Waals surface area contributed by atoms with E-state index in [-0.39, 0.29) is 5.82 Å². The monoisotopic (exact) mass is 278 g/mol. The molecule has 2 N–H and O–H groups in total. The van der Waals surface area contributed by atoms with Gasteiger partial charge in [0.15, 0.2) is 5.65 Å². The van der Waals surface area contributed by atoms with Crippen LogP contribution >= 0.6 is 0 Å². The van der Waals surface area contributed by atoms with E-state index in [1.807, 2.05) is 0 Å². The third-order valence-electron chi connectivity index (χ3n) is 2.85. The predicted octanol–water partition coefficient (Wildman–Crippen LogP) is 3.08. The highest BCUT2D eigenvalue weighted by atomic mass is 19.1. The Balaban J connectivity index is 2.20. The third kappa shape index (κ3) is 1.97. The lowest BCUT2D eigenvalue weighted by atomic mass is 10.2. The molecule has 2 aromatic heterocycles. The van der Waals surface area contributed by atoms with Crippen molar-refractivity contribution in [2.75, 3.05) is 12.4 Å². The van der Waals surface area contributed by atoms with E-state index in [2.05, 4.69) is 20.3 Å². The normalized spacial score (nSPS) is 11.0. The Morgan fingerprint density at radius 1 is 1.05 bits per heavy atom. The summed E-state index contributed by atoms with van der Waals surface area (Å²) in [7, 11) is 1.70. The van der Waals surface area contributed by atoms with Crippen molar-refractivity contribution in [2.24, 2.45) is 0 Å². The number of halogens is 3. The zero-order chi connectivity index (χ0) is 14.3. The number of benzene rings is 1. The van der Waals surface area contributed by atoms with Gasteiger partial charge in [-0.15, -0.1) is 0 Å². The molecular formula is C13H9F3N4. The van der Waals surface area contributed by atoms with E-state index in [0.717, 1.165) is 0 Å². The average molecular weight is 278 g/mol. The highest BCUT2D eigenvalue weighted by Crippen LogP contribution is 2.26. The number of rotatable bonds is 2. The van der Waals surface area contributed by atoms with Crippen molar-refractivity contribution in [3.63, 3.8) is 0 Å². The van der Waals surface area contributed by atoms with Crippen LogP contribution in [0.2, 0.25) is 0 Å². The van der Waals surface area contributed by atoms with Gasteiger partial charge in [0, 0.05) is 19.2 Å². The quantitative estimate of drug-likeness (QED) is 0.757. The summed E-state index contributed by atoms with van der Waals surface area (Å²) in [5, 5.41) is 2.84. The molecule has 0 spiro atoms. The molecule has 102 valence electrons. The fourth-order valence-corrected chi connectivity index (χ4v) is 1.92.